The lowest BCUT2D eigenvalue weighted by atomic mass is 10.1. The maximum absolute atomic E-state index is 11.9. The number of carbonyl (C=O) groups is 1. The molecule has 0 unspecified atom stereocenters. The zero-order chi connectivity index (χ0) is 17.5. The molecule has 25 heavy (non-hydrogen) atoms. The highest BCUT2D eigenvalue weighted by molar-refractivity contribution is 7.13. The summed E-state index contributed by atoms with van der Waals surface area (Å²) in [6, 6.07) is 17.7. The number of aryl methyl sites for hydroxylation is 1. The number of benzene rings is 2. The number of rotatable bonds is 7. The molecule has 2 aromatic carbocycles. The smallest absolute Gasteiger partial charge is 0.220 e. The largest absolute Gasteiger partial charge is 0.356 e. The van der Waals surface area contributed by atoms with Crippen LogP contribution in [0.15, 0.2) is 60.0 Å². The van der Waals surface area contributed by atoms with E-state index < -0.39 is 0 Å². The molecule has 0 aliphatic heterocycles. The van der Waals surface area contributed by atoms with Crippen LogP contribution in [0.1, 0.15) is 17.7 Å². The van der Waals surface area contributed by atoms with Crippen molar-refractivity contribution >= 4 is 28.8 Å². The first-order valence-corrected chi connectivity index (χ1v) is 9.47. The van der Waals surface area contributed by atoms with Gasteiger partial charge in [-0.2, -0.15) is 0 Å². The molecule has 1 heterocycles. The van der Waals surface area contributed by atoms with Crippen molar-refractivity contribution in [3.05, 3.63) is 76.3 Å². The molecule has 128 valence electrons. The Balaban J connectivity index is 1.43. The molecule has 3 nitrogen and oxygen atoms in total. The summed E-state index contributed by atoms with van der Waals surface area (Å²) in [7, 11) is 0. The monoisotopic (exact) mass is 370 g/mol. The van der Waals surface area contributed by atoms with Gasteiger partial charge in [0.2, 0.25) is 5.91 Å². The summed E-state index contributed by atoms with van der Waals surface area (Å²) in [5.74, 6) is 0.0806. The number of hydrogen-bond donors (Lipinski definition) is 1. The molecule has 5 heteroatoms. The van der Waals surface area contributed by atoms with Gasteiger partial charge in [-0.15, -0.1) is 11.3 Å². The van der Waals surface area contributed by atoms with Crippen LogP contribution < -0.4 is 5.32 Å². The van der Waals surface area contributed by atoms with Gasteiger partial charge < -0.3 is 5.32 Å². The Hall–Kier alpha value is -2.17. The van der Waals surface area contributed by atoms with E-state index in [0.717, 1.165) is 34.1 Å². The van der Waals surface area contributed by atoms with E-state index in [4.69, 9.17) is 11.6 Å². The first-order chi connectivity index (χ1) is 12.2. The maximum atomic E-state index is 11.9. The van der Waals surface area contributed by atoms with Crippen LogP contribution in [0, 0.1) is 0 Å². The second-order valence-electron chi connectivity index (χ2n) is 5.74. The van der Waals surface area contributed by atoms with E-state index in [1.807, 2.05) is 60.0 Å². The Morgan fingerprint density at radius 1 is 1.04 bits per heavy atom. The molecule has 0 bridgehead atoms. The lowest BCUT2D eigenvalue weighted by molar-refractivity contribution is -0.121. The minimum absolute atomic E-state index is 0.0806. The zero-order valence-corrected chi connectivity index (χ0v) is 15.3. The summed E-state index contributed by atoms with van der Waals surface area (Å²) in [6.45, 7) is 0.609. The summed E-state index contributed by atoms with van der Waals surface area (Å²) < 4.78 is 0. The van der Waals surface area contributed by atoms with Crippen LogP contribution in [-0.4, -0.2) is 17.4 Å². The van der Waals surface area contributed by atoms with Gasteiger partial charge in [0.25, 0.3) is 0 Å². The Morgan fingerprint density at radius 2 is 1.80 bits per heavy atom. The zero-order valence-electron chi connectivity index (χ0n) is 13.7. The van der Waals surface area contributed by atoms with Crippen LogP contribution in [0.2, 0.25) is 5.02 Å². The Morgan fingerprint density at radius 3 is 2.56 bits per heavy atom. The van der Waals surface area contributed by atoms with Gasteiger partial charge in [0, 0.05) is 35.4 Å². The van der Waals surface area contributed by atoms with Gasteiger partial charge in [0.15, 0.2) is 0 Å². The lowest BCUT2D eigenvalue weighted by Crippen LogP contribution is -2.25. The second-order valence-corrected chi connectivity index (χ2v) is 7.03. The number of amides is 1. The number of nitrogens with zero attached hydrogens (tertiary/aromatic N) is 1. The molecule has 0 spiro atoms. The van der Waals surface area contributed by atoms with Crippen molar-refractivity contribution in [3.63, 3.8) is 0 Å². The standard InChI is InChI=1S/C20H19ClN2OS/c21-17-9-7-16(8-10-17)20-23-18(14-25-20)12-13-22-19(24)11-6-15-4-2-1-3-5-15/h1-5,7-10,14H,6,11-13H2,(H,22,24). The topological polar surface area (TPSA) is 42.0 Å². The van der Waals surface area contributed by atoms with E-state index >= 15 is 0 Å². The normalized spacial score (nSPS) is 10.6. The van der Waals surface area contributed by atoms with Crippen LogP contribution >= 0.6 is 22.9 Å². The quantitative estimate of drug-likeness (QED) is 0.651. The van der Waals surface area contributed by atoms with Gasteiger partial charge in [-0.1, -0.05) is 54.1 Å². The van der Waals surface area contributed by atoms with Gasteiger partial charge in [-0.05, 0) is 24.1 Å². The SMILES string of the molecule is O=C(CCc1ccccc1)NCCc1csc(-c2ccc(Cl)cc2)n1. The first-order valence-electron chi connectivity index (χ1n) is 8.22. The van der Waals surface area contributed by atoms with Crippen LogP contribution in [0.4, 0.5) is 0 Å². The summed E-state index contributed by atoms with van der Waals surface area (Å²) in [5, 5.41) is 6.70. The minimum Gasteiger partial charge on any atom is -0.356 e. The number of carbonyl (C=O) groups excluding carboxylic acids is 1. The van der Waals surface area contributed by atoms with Gasteiger partial charge in [-0.3, -0.25) is 4.79 Å². The van der Waals surface area contributed by atoms with Gasteiger partial charge in [-0.25, -0.2) is 4.98 Å². The van der Waals surface area contributed by atoms with Crippen molar-refractivity contribution < 1.29 is 4.79 Å². The van der Waals surface area contributed by atoms with Crippen LogP contribution in [0.3, 0.4) is 0 Å². The second kappa shape index (κ2) is 8.79. The summed E-state index contributed by atoms with van der Waals surface area (Å²) >= 11 is 7.52. The molecule has 0 saturated carbocycles. The molecule has 1 aromatic heterocycles. The highest BCUT2D eigenvalue weighted by Gasteiger charge is 2.06. The molecule has 0 aliphatic carbocycles. The number of thiazole rings is 1. The average Bonchev–Trinajstić information content (AvgIpc) is 3.10. The molecular weight excluding hydrogens is 352 g/mol. The molecule has 0 radical (unpaired) electrons. The molecule has 3 aromatic rings. The van der Waals surface area contributed by atoms with E-state index in [2.05, 4.69) is 10.3 Å². The Labute approximate surface area is 156 Å². The Kier molecular flexibility index (Phi) is 6.20. The highest BCUT2D eigenvalue weighted by atomic mass is 35.5. The van der Waals surface area contributed by atoms with Crippen LogP contribution in [0.5, 0.6) is 0 Å². The van der Waals surface area contributed by atoms with Crippen LogP contribution in [0.25, 0.3) is 10.6 Å². The van der Waals surface area contributed by atoms with Crippen molar-refractivity contribution in [1.29, 1.82) is 0 Å². The average molecular weight is 371 g/mol. The summed E-state index contributed by atoms with van der Waals surface area (Å²) in [6.07, 6.45) is 2.02. The van der Waals surface area contributed by atoms with E-state index in [0.29, 0.717) is 13.0 Å². The molecule has 0 aliphatic rings. The molecule has 0 saturated heterocycles. The molecule has 1 amide bonds. The molecule has 0 atom stereocenters. The third-order valence-electron chi connectivity index (χ3n) is 3.83. The van der Waals surface area contributed by atoms with Gasteiger partial charge in [0.1, 0.15) is 5.01 Å². The molecule has 1 N–H and O–H groups in total. The molecule has 3 rings (SSSR count). The fourth-order valence-corrected chi connectivity index (χ4v) is 3.45. The van der Waals surface area contributed by atoms with Crippen molar-refractivity contribution in [2.45, 2.75) is 19.3 Å². The number of hydrogen-bond acceptors (Lipinski definition) is 3. The maximum Gasteiger partial charge on any atom is 0.220 e. The van der Waals surface area contributed by atoms with Crippen molar-refractivity contribution in [1.82, 2.24) is 10.3 Å². The van der Waals surface area contributed by atoms with E-state index in [1.165, 1.54) is 5.56 Å². The fourth-order valence-electron chi connectivity index (χ4n) is 2.47. The van der Waals surface area contributed by atoms with Crippen molar-refractivity contribution in [3.8, 4) is 10.6 Å². The lowest BCUT2D eigenvalue weighted by Gasteiger charge is -2.04. The van der Waals surface area contributed by atoms with Crippen LogP contribution in [-0.2, 0) is 17.6 Å². The Bertz CT molecular complexity index is 815. The van der Waals surface area contributed by atoms with Crippen molar-refractivity contribution in [2.75, 3.05) is 6.54 Å². The van der Waals surface area contributed by atoms with E-state index in [9.17, 15) is 4.79 Å². The third-order valence-corrected chi connectivity index (χ3v) is 5.02. The van der Waals surface area contributed by atoms with E-state index in [1.54, 1.807) is 11.3 Å². The number of halogens is 1. The highest BCUT2D eigenvalue weighted by Crippen LogP contribution is 2.25. The minimum atomic E-state index is 0.0806. The first kappa shape index (κ1) is 17.6. The summed E-state index contributed by atoms with van der Waals surface area (Å²) in [5.41, 5.74) is 3.25. The predicted octanol–water partition coefficient (Wildman–Crippen LogP) is 4.76. The fraction of sp³-hybridized carbons (Fsp3) is 0.200. The van der Waals surface area contributed by atoms with E-state index in [-0.39, 0.29) is 5.91 Å². The number of aromatic nitrogens is 1. The predicted molar refractivity (Wildman–Crippen MR) is 104 cm³/mol. The van der Waals surface area contributed by atoms with Crippen molar-refractivity contribution in [2.24, 2.45) is 0 Å². The van der Waals surface area contributed by atoms with Gasteiger partial charge >= 0.3 is 0 Å². The molecular formula is C20H19ClN2OS. The molecule has 0 fully saturated rings. The third kappa shape index (κ3) is 5.41. The van der Waals surface area contributed by atoms with Gasteiger partial charge in [0.05, 0.1) is 5.69 Å². The number of nitrogens with one attached hydrogen (secondary N) is 1. The summed E-state index contributed by atoms with van der Waals surface area (Å²) in [4.78, 5) is 16.5.